The second-order valence-electron chi connectivity index (χ2n) is 2.84. The van der Waals surface area contributed by atoms with Crippen molar-refractivity contribution in [3.05, 3.63) is 42.2 Å². The van der Waals surface area contributed by atoms with Gasteiger partial charge in [0.05, 0.1) is 6.54 Å². The molecule has 16 heavy (non-hydrogen) atoms. The SMILES string of the molecule is CC.NN(Cc1ccccc1)c1ncno1. The molecule has 86 valence electrons. The van der Waals surface area contributed by atoms with Crippen LogP contribution in [0.2, 0.25) is 0 Å². The van der Waals surface area contributed by atoms with Crippen LogP contribution in [-0.2, 0) is 6.54 Å². The highest BCUT2D eigenvalue weighted by atomic mass is 16.5. The molecule has 5 heteroatoms. The van der Waals surface area contributed by atoms with Crippen LogP contribution in [-0.4, -0.2) is 10.1 Å². The number of hydrogen-bond donors (Lipinski definition) is 1. The van der Waals surface area contributed by atoms with Gasteiger partial charge >= 0.3 is 6.01 Å². The Labute approximate surface area is 94.8 Å². The minimum atomic E-state index is 0.314. The highest BCUT2D eigenvalue weighted by molar-refractivity contribution is 5.25. The van der Waals surface area contributed by atoms with Gasteiger partial charge in [-0.1, -0.05) is 49.3 Å². The molecule has 1 aromatic heterocycles. The van der Waals surface area contributed by atoms with E-state index < -0.39 is 0 Å². The summed E-state index contributed by atoms with van der Waals surface area (Å²) in [5.74, 6) is 5.71. The van der Waals surface area contributed by atoms with Gasteiger partial charge < -0.3 is 4.52 Å². The predicted molar refractivity (Wildman–Crippen MR) is 62.5 cm³/mol. The highest BCUT2D eigenvalue weighted by Gasteiger charge is 2.06. The van der Waals surface area contributed by atoms with Crippen LogP contribution in [0.4, 0.5) is 6.01 Å². The smallest absolute Gasteiger partial charge is 0.314 e. The van der Waals surface area contributed by atoms with Crippen molar-refractivity contribution in [3.8, 4) is 0 Å². The van der Waals surface area contributed by atoms with Crippen LogP contribution in [0, 0.1) is 0 Å². The average Bonchev–Trinajstić information content (AvgIpc) is 2.86. The molecule has 2 aromatic rings. The zero-order valence-electron chi connectivity index (χ0n) is 9.50. The Bertz CT molecular complexity index is 374. The van der Waals surface area contributed by atoms with Crippen molar-refractivity contribution in [2.45, 2.75) is 20.4 Å². The van der Waals surface area contributed by atoms with Crippen molar-refractivity contribution in [2.24, 2.45) is 5.84 Å². The number of hydrogen-bond acceptors (Lipinski definition) is 5. The van der Waals surface area contributed by atoms with Gasteiger partial charge in [0.25, 0.3) is 0 Å². The third kappa shape index (κ3) is 3.36. The number of nitrogens with zero attached hydrogens (tertiary/aromatic N) is 3. The standard InChI is InChI=1S/C9H10N4O.C2H6/c10-13(9-11-7-12-14-9)6-8-4-2-1-3-5-8;1-2/h1-5,7H,6,10H2;1-2H3. The second-order valence-corrected chi connectivity index (χ2v) is 2.84. The number of rotatable bonds is 3. The molecule has 0 atom stereocenters. The molecule has 2 rings (SSSR count). The predicted octanol–water partition coefficient (Wildman–Crippen LogP) is 1.98. The first-order valence-electron chi connectivity index (χ1n) is 5.19. The number of aromatic nitrogens is 2. The molecule has 0 spiro atoms. The van der Waals surface area contributed by atoms with Crippen LogP contribution < -0.4 is 10.9 Å². The summed E-state index contributed by atoms with van der Waals surface area (Å²) < 4.78 is 4.81. The van der Waals surface area contributed by atoms with Crippen LogP contribution in [0.25, 0.3) is 0 Å². The largest absolute Gasteiger partial charge is 0.338 e. The summed E-state index contributed by atoms with van der Waals surface area (Å²) in [5, 5.41) is 4.88. The maximum absolute atomic E-state index is 5.71. The Morgan fingerprint density at radius 3 is 2.50 bits per heavy atom. The van der Waals surface area contributed by atoms with E-state index >= 15 is 0 Å². The Hall–Kier alpha value is -1.88. The lowest BCUT2D eigenvalue weighted by Crippen LogP contribution is -2.30. The summed E-state index contributed by atoms with van der Waals surface area (Å²) in [4.78, 5) is 3.84. The minimum absolute atomic E-state index is 0.314. The molecular weight excluding hydrogens is 204 g/mol. The van der Waals surface area contributed by atoms with Crippen molar-refractivity contribution in [1.29, 1.82) is 0 Å². The summed E-state index contributed by atoms with van der Waals surface area (Å²) in [5.41, 5.74) is 1.09. The van der Waals surface area contributed by atoms with Crippen molar-refractivity contribution in [2.75, 3.05) is 5.01 Å². The minimum Gasteiger partial charge on any atom is -0.314 e. The number of hydrazine groups is 1. The van der Waals surface area contributed by atoms with E-state index in [1.165, 1.54) is 11.3 Å². The van der Waals surface area contributed by atoms with E-state index in [9.17, 15) is 0 Å². The van der Waals surface area contributed by atoms with Crippen molar-refractivity contribution < 1.29 is 4.52 Å². The van der Waals surface area contributed by atoms with Gasteiger partial charge in [0, 0.05) is 0 Å². The van der Waals surface area contributed by atoms with Crippen LogP contribution in [0.1, 0.15) is 19.4 Å². The van der Waals surface area contributed by atoms with Crippen molar-refractivity contribution >= 4 is 6.01 Å². The van der Waals surface area contributed by atoms with E-state index in [1.807, 2.05) is 44.2 Å². The lowest BCUT2D eigenvalue weighted by atomic mass is 10.2. The molecular formula is C11H16N4O. The molecule has 0 saturated carbocycles. The molecule has 0 aliphatic rings. The van der Waals surface area contributed by atoms with E-state index in [-0.39, 0.29) is 0 Å². The van der Waals surface area contributed by atoms with Crippen LogP contribution in [0.5, 0.6) is 0 Å². The summed E-state index contributed by atoms with van der Waals surface area (Å²) in [7, 11) is 0. The summed E-state index contributed by atoms with van der Waals surface area (Å²) in [6.45, 7) is 4.54. The Morgan fingerprint density at radius 1 is 1.25 bits per heavy atom. The first kappa shape index (κ1) is 12.2. The molecule has 1 aromatic carbocycles. The molecule has 5 nitrogen and oxygen atoms in total. The maximum Gasteiger partial charge on any atom is 0.338 e. The van der Waals surface area contributed by atoms with E-state index in [4.69, 9.17) is 10.4 Å². The van der Waals surface area contributed by atoms with Gasteiger partial charge in [-0.05, 0) is 5.56 Å². The molecule has 0 saturated heterocycles. The third-order valence-corrected chi connectivity index (χ3v) is 1.79. The van der Waals surface area contributed by atoms with Crippen LogP contribution in [0.15, 0.2) is 41.2 Å². The van der Waals surface area contributed by atoms with Gasteiger partial charge in [-0.25, -0.2) is 5.84 Å². The molecule has 0 aliphatic heterocycles. The first-order chi connectivity index (χ1) is 7.86. The van der Waals surface area contributed by atoms with E-state index in [0.717, 1.165) is 5.56 Å². The molecule has 0 bridgehead atoms. The van der Waals surface area contributed by atoms with Crippen molar-refractivity contribution in [1.82, 2.24) is 10.1 Å². The molecule has 2 N–H and O–H groups in total. The van der Waals surface area contributed by atoms with E-state index in [0.29, 0.717) is 12.6 Å². The van der Waals surface area contributed by atoms with Gasteiger partial charge in [0.15, 0.2) is 6.33 Å². The normalized spacial score (nSPS) is 9.19. The van der Waals surface area contributed by atoms with Gasteiger partial charge in [-0.15, -0.1) is 0 Å². The summed E-state index contributed by atoms with van der Waals surface area (Å²) in [6.07, 6.45) is 1.32. The average molecular weight is 220 g/mol. The highest BCUT2D eigenvalue weighted by Crippen LogP contribution is 2.08. The Kier molecular flexibility index (Phi) is 5.01. The zero-order valence-corrected chi connectivity index (χ0v) is 9.50. The number of nitrogens with two attached hydrogens (primary N) is 1. The maximum atomic E-state index is 5.71. The van der Waals surface area contributed by atoms with Gasteiger partial charge in [0.1, 0.15) is 0 Å². The number of benzene rings is 1. The van der Waals surface area contributed by atoms with Crippen molar-refractivity contribution in [3.63, 3.8) is 0 Å². The fourth-order valence-corrected chi connectivity index (χ4v) is 1.14. The molecule has 0 radical (unpaired) electrons. The van der Waals surface area contributed by atoms with Gasteiger partial charge in [0.2, 0.25) is 0 Å². The number of anilines is 1. The monoisotopic (exact) mass is 220 g/mol. The van der Waals surface area contributed by atoms with Crippen LogP contribution >= 0.6 is 0 Å². The van der Waals surface area contributed by atoms with Gasteiger partial charge in [-0.3, -0.25) is 5.01 Å². The fraction of sp³-hybridized carbons (Fsp3) is 0.273. The van der Waals surface area contributed by atoms with Crippen LogP contribution in [0.3, 0.4) is 0 Å². The zero-order chi connectivity index (χ0) is 11.8. The molecule has 0 unspecified atom stereocenters. The Morgan fingerprint density at radius 2 is 1.94 bits per heavy atom. The quantitative estimate of drug-likeness (QED) is 0.632. The van der Waals surface area contributed by atoms with Gasteiger partial charge in [-0.2, -0.15) is 4.98 Å². The second kappa shape index (κ2) is 6.58. The van der Waals surface area contributed by atoms with E-state index in [2.05, 4.69) is 10.1 Å². The third-order valence-electron chi connectivity index (χ3n) is 1.79. The Balaban J connectivity index is 0.000000606. The van der Waals surface area contributed by atoms with E-state index in [1.54, 1.807) is 0 Å². The first-order valence-corrected chi connectivity index (χ1v) is 5.19. The lowest BCUT2D eigenvalue weighted by Gasteiger charge is -2.12. The summed E-state index contributed by atoms with van der Waals surface area (Å²) >= 11 is 0. The molecule has 1 heterocycles. The lowest BCUT2D eigenvalue weighted by molar-refractivity contribution is 0.412. The molecule has 0 fully saturated rings. The topological polar surface area (TPSA) is 68.2 Å². The molecule has 0 amide bonds. The molecule has 0 aliphatic carbocycles. The summed E-state index contributed by atoms with van der Waals surface area (Å²) in [6, 6.07) is 10.1. The fourth-order valence-electron chi connectivity index (χ4n) is 1.14.